The molecule has 0 N–H and O–H groups in total. The first kappa shape index (κ1) is 14.5. The fraction of sp³-hybridized carbons (Fsp3) is 0.462. The van der Waals surface area contributed by atoms with Crippen molar-refractivity contribution < 1.29 is 22.7 Å². The molecule has 1 aromatic rings. The maximum atomic E-state index is 12.4. The number of benzene rings is 1. The summed E-state index contributed by atoms with van der Waals surface area (Å²) in [6, 6.07) is 4.60. The monoisotopic (exact) mass is 260 g/mol. The quantitative estimate of drug-likeness (QED) is 0.769. The van der Waals surface area contributed by atoms with E-state index in [9.17, 15) is 18.0 Å². The van der Waals surface area contributed by atoms with Gasteiger partial charge < -0.3 is 4.74 Å². The molecule has 1 atom stereocenters. The van der Waals surface area contributed by atoms with Crippen LogP contribution in [0.25, 0.3) is 0 Å². The lowest BCUT2D eigenvalue weighted by Gasteiger charge is -2.16. The summed E-state index contributed by atoms with van der Waals surface area (Å²) in [5.74, 6) is -0.635. The van der Waals surface area contributed by atoms with E-state index in [2.05, 4.69) is 0 Å². The Balaban J connectivity index is 2.76. The average Bonchev–Trinajstić information content (AvgIpc) is 2.27. The third kappa shape index (κ3) is 3.75. The zero-order chi connectivity index (χ0) is 13.9. The molecule has 0 aliphatic rings. The molecule has 1 aromatic carbocycles. The molecule has 5 heteroatoms. The van der Waals surface area contributed by atoms with Crippen LogP contribution >= 0.6 is 0 Å². The molecule has 0 saturated carbocycles. The zero-order valence-electron chi connectivity index (χ0n) is 10.4. The molecule has 2 nitrogen and oxygen atoms in total. The van der Waals surface area contributed by atoms with Crippen molar-refractivity contribution in [1.82, 2.24) is 0 Å². The van der Waals surface area contributed by atoms with Gasteiger partial charge in [-0.2, -0.15) is 13.2 Å². The van der Waals surface area contributed by atoms with Crippen LogP contribution in [0.3, 0.4) is 0 Å². The fourth-order valence-corrected chi connectivity index (χ4v) is 1.32. The van der Waals surface area contributed by atoms with Gasteiger partial charge in [-0.15, -0.1) is 0 Å². The standard InChI is InChI=1S/C13H15F3O2/c1-8(2)12(17)18-9(3)10-4-6-11(7-5-10)13(14,15)16/h4-9H,1-3H3/t9-/m0/s1. The molecule has 0 heterocycles. The second-order valence-corrected chi connectivity index (χ2v) is 4.35. The highest BCUT2D eigenvalue weighted by molar-refractivity contribution is 5.71. The van der Waals surface area contributed by atoms with Crippen molar-refractivity contribution in [2.45, 2.75) is 33.1 Å². The molecular weight excluding hydrogens is 245 g/mol. The Labute approximate surface area is 104 Å². The van der Waals surface area contributed by atoms with Crippen LogP contribution in [0, 0.1) is 5.92 Å². The first-order valence-electron chi connectivity index (χ1n) is 5.59. The van der Waals surface area contributed by atoms with Gasteiger partial charge in [-0.3, -0.25) is 4.79 Å². The van der Waals surface area contributed by atoms with E-state index in [0.29, 0.717) is 5.56 Å². The van der Waals surface area contributed by atoms with Gasteiger partial charge >= 0.3 is 12.1 Å². The summed E-state index contributed by atoms with van der Waals surface area (Å²) in [4.78, 5) is 11.4. The molecule has 0 saturated heterocycles. The Hall–Kier alpha value is -1.52. The van der Waals surface area contributed by atoms with E-state index in [1.807, 2.05) is 0 Å². The first-order valence-corrected chi connectivity index (χ1v) is 5.59. The molecule has 1 rings (SSSR count). The average molecular weight is 260 g/mol. The van der Waals surface area contributed by atoms with E-state index in [1.54, 1.807) is 20.8 Å². The largest absolute Gasteiger partial charge is 0.458 e. The number of alkyl halides is 3. The number of ether oxygens (including phenoxy) is 1. The SMILES string of the molecule is CC(C)C(=O)O[C@@H](C)c1ccc(C(F)(F)F)cc1. The Morgan fingerprint density at radius 1 is 1.11 bits per heavy atom. The number of rotatable bonds is 3. The highest BCUT2D eigenvalue weighted by atomic mass is 19.4. The Morgan fingerprint density at radius 2 is 1.61 bits per heavy atom. The molecule has 0 aromatic heterocycles. The summed E-state index contributed by atoms with van der Waals surface area (Å²) in [7, 11) is 0. The van der Waals surface area contributed by atoms with E-state index >= 15 is 0 Å². The van der Waals surface area contributed by atoms with E-state index in [0.717, 1.165) is 12.1 Å². The van der Waals surface area contributed by atoms with Gasteiger partial charge in [-0.25, -0.2) is 0 Å². The second-order valence-electron chi connectivity index (χ2n) is 4.35. The van der Waals surface area contributed by atoms with E-state index < -0.39 is 17.8 Å². The number of esters is 1. The predicted molar refractivity (Wildman–Crippen MR) is 60.8 cm³/mol. The third-order valence-corrected chi connectivity index (χ3v) is 2.47. The van der Waals surface area contributed by atoms with Gasteiger partial charge in [0.2, 0.25) is 0 Å². The van der Waals surface area contributed by atoms with Crippen LogP contribution in [-0.2, 0) is 15.7 Å². The van der Waals surface area contributed by atoms with Gasteiger partial charge in [0.1, 0.15) is 6.10 Å². The molecule has 0 spiro atoms. The van der Waals surface area contributed by atoms with Crippen LogP contribution < -0.4 is 0 Å². The molecular formula is C13H15F3O2. The lowest BCUT2D eigenvalue weighted by molar-refractivity contribution is -0.152. The van der Waals surface area contributed by atoms with Crippen molar-refractivity contribution in [3.8, 4) is 0 Å². The Morgan fingerprint density at radius 3 is 2.00 bits per heavy atom. The van der Waals surface area contributed by atoms with Crippen LogP contribution in [0.1, 0.15) is 38.0 Å². The van der Waals surface area contributed by atoms with Gasteiger partial charge in [0.25, 0.3) is 0 Å². The Bertz CT molecular complexity index is 407. The molecule has 0 aliphatic heterocycles. The lowest BCUT2D eigenvalue weighted by Crippen LogP contribution is -2.14. The van der Waals surface area contributed by atoms with Gasteiger partial charge in [0.05, 0.1) is 11.5 Å². The van der Waals surface area contributed by atoms with Gasteiger partial charge in [0.15, 0.2) is 0 Å². The number of carbonyl (C=O) groups excluding carboxylic acids is 1. The number of halogens is 3. The van der Waals surface area contributed by atoms with Crippen molar-refractivity contribution in [3.63, 3.8) is 0 Å². The van der Waals surface area contributed by atoms with Gasteiger partial charge in [-0.1, -0.05) is 26.0 Å². The lowest BCUT2D eigenvalue weighted by atomic mass is 10.1. The highest BCUT2D eigenvalue weighted by Crippen LogP contribution is 2.30. The number of hydrogen-bond donors (Lipinski definition) is 0. The fourth-order valence-electron chi connectivity index (χ4n) is 1.32. The summed E-state index contributed by atoms with van der Waals surface area (Å²) >= 11 is 0. The van der Waals surface area contributed by atoms with Crippen molar-refractivity contribution >= 4 is 5.97 Å². The molecule has 0 amide bonds. The summed E-state index contributed by atoms with van der Waals surface area (Å²) in [6.45, 7) is 5.02. The van der Waals surface area contributed by atoms with Crippen molar-refractivity contribution in [1.29, 1.82) is 0 Å². The van der Waals surface area contributed by atoms with Crippen LogP contribution in [0.4, 0.5) is 13.2 Å². The Kier molecular flexibility index (Phi) is 4.38. The smallest absolute Gasteiger partial charge is 0.416 e. The molecule has 0 bridgehead atoms. The van der Waals surface area contributed by atoms with Crippen LogP contribution in [-0.4, -0.2) is 5.97 Å². The van der Waals surface area contributed by atoms with Crippen molar-refractivity contribution in [3.05, 3.63) is 35.4 Å². The summed E-state index contributed by atoms with van der Waals surface area (Å²) in [5.41, 5.74) is -0.175. The van der Waals surface area contributed by atoms with E-state index in [1.165, 1.54) is 12.1 Å². The predicted octanol–water partition coefficient (Wildman–Crippen LogP) is 3.97. The molecule has 0 radical (unpaired) electrons. The molecule has 0 aliphatic carbocycles. The normalized spacial score (nSPS) is 13.5. The first-order chi connectivity index (χ1) is 8.21. The van der Waals surface area contributed by atoms with Crippen molar-refractivity contribution in [2.75, 3.05) is 0 Å². The summed E-state index contributed by atoms with van der Waals surface area (Å²) in [6.07, 6.45) is -4.90. The van der Waals surface area contributed by atoms with Gasteiger partial charge in [0, 0.05) is 0 Å². The maximum absolute atomic E-state index is 12.4. The second kappa shape index (κ2) is 5.42. The number of hydrogen-bond acceptors (Lipinski definition) is 2. The minimum absolute atomic E-state index is 0.262. The van der Waals surface area contributed by atoms with Crippen LogP contribution in [0.2, 0.25) is 0 Å². The zero-order valence-corrected chi connectivity index (χ0v) is 10.4. The van der Waals surface area contributed by atoms with E-state index in [-0.39, 0.29) is 11.9 Å². The number of carbonyl (C=O) groups is 1. The summed E-state index contributed by atoms with van der Waals surface area (Å²) < 4.78 is 42.2. The minimum atomic E-state index is -4.35. The summed E-state index contributed by atoms with van der Waals surface area (Å²) in [5, 5.41) is 0. The molecule has 0 fully saturated rings. The van der Waals surface area contributed by atoms with Crippen LogP contribution in [0.15, 0.2) is 24.3 Å². The molecule has 100 valence electrons. The topological polar surface area (TPSA) is 26.3 Å². The molecule has 18 heavy (non-hydrogen) atoms. The van der Waals surface area contributed by atoms with Gasteiger partial charge in [-0.05, 0) is 24.6 Å². The van der Waals surface area contributed by atoms with Crippen molar-refractivity contribution in [2.24, 2.45) is 5.92 Å². The highest BCUT2D eigenvalue weighted by Gasteiger charge is 2.30. The van der Waals surface area contributed by atoms with Crippen LogP contribution in [0.5, 0.6) is 0 Å². The minimum Gasteiger partial charge on any atom is -0.458 e. The molecule has 0 unspecified atom stereocenters. The maximum Gasteiger partial charge on any atom is 0.416 e. The van der Waals surface area contributed by atoms with E-state index in [4.69, 9.17) is 4.74 Å². The third-order valence-electron chi connectivity index (χ3n) is 2.47.